The van der Waals surface area contributed by atoms with Crippen LogP contribution in [0.3, 0.4) is 0 Å². The van der Waals surface area contributed by atoms with E-state index in [-0.39, 0.29) is 11.7 Å². The van der Waals surface area contributed by atoms with Crippen molar-refractivity contribution in [1.82, 2.24) is 19.7 Å². The summed E-state index contributed by atoms with van der Waals surface area (Å²) in [5.41, 5.74) is 2.46. The van der Waals surface area contributed by atoms with Gasteiger partial charge in [-0.1, -0.05) is 18.2 Å². The van der Waals surface area contributed by atoms with Crippen molar-refractivity contribution in [2.45, 2.75) is 6.92 Å². The molecule has 2 atom stereocenters. The first kappa shape index (κ1) is 17.8. The van der Waals surface area contributed by atoms with E-state index in [1.54, 1.807) is 12.3 Å². The van der Waals surface area contributed by atoms with E-state index in [9.17, 15) is 9.18 Å². The summed E-state index contributed by atoms with van der Waals surface area (Å²) in [6.07, 6.45) is 2.93. The van der Waals surface area contributed by atoms with E-state index in [1.807, 2.05) is 46.8 Å². The summed E-state index contributed by atoms with van der Waals surface area (Å²) in [4.78, 5) is 21.5. The fraction of sp³-hybridized carbons (Fsp3) is 0.318. The number of rotatable bonds is 3. The molecule has 2 aliphatic rings. The SMILES string of the molecule is Cc1c(C(=O)N2CC3CN(c4ccc(F)cn4)CC3C2)cnn1-c1ccccc1. The maximum atomic E-state index is 13.1. The molecule has 4 heterocycles. The third-order valence-corrected chi connectivity index (χ3v) is 6.05. The third kappa shape index (κ3) is 3.16. The summed E-state index contributed by atoms with van der Waals surface area (Å²) < 4.78 is 14.9. The summed E-state index contributed by atoms with van der Waals surface area (Å²) in [6, 6.07) is 13.0. The molecule has 1 aromatic carbocycles. The second-order valence-electron chi connectivity index (χ2n) is 7.86. The van der Waals surface area contributed by atoms with Gasteiger partial charge in [-0.05, 0) is 31.2 Å². The second kappa shape index (κ2) is 6.99. The number of fused-ring (bicyclic) bond motifs is 1. The minimum absolute atomic E-state index is 0.0468. The second-order valence-corrected chi connectivity index (χ2v) is 7.86. The van der Waals surface area contributed by atoms with Crippen LogP contribution in [-0.4, -0.2) is 51.8 Å². The Kier molecular flexibility index (Phi) is 4.30. The monoisotopic (exact) mass is 391 g/mol. The molecule has 2 aromatic heterocycles. The summed E-state index contributed by atoms with van der Waals surface area (Å²) in [7, 11) is 0. The van der Waals surface area contributed by atoms with Crippen molar-refractivity contribution in [3.8, 4) is 5.69 Å². The Morgan fingerprint density at radius 3 is 2.38 bits per heavy atom. The molecule has 5 rings (SSSR count). The van der Waals surface area contributed by atoms with E-state index in [0.29, 0.717) is 17.4 Å². The van der Waals surface area contributed by atoms with Gasteiger partial charge in [0, 0.05) is 38.0 Å². The molecule has 6 nitrogen and oxygen atoms in total. The van der Waals surface area contributed by atoms with Gasteiger partial charge in [0.1, 0.15) is 11.6 Å². The number of aromatic nitrogens is 3. The number of amides is 1. The lowest BCUT2D eigenvalue weighted by atomic mass is 10.0. The van der Waals surface area contributed by atoms with Gasteiger partial charge in [-0.2, -0.15) is 5.10 Å². The highest BCUT2D eigenvalue weighted by Crippen LogP contribution is 2.34. The minimum atomic E-state index is -0.323. The van der Waals surface area contributed by atoms with Crippen molar-refractivity contribution in [3.63, 3.8) is 0 Å². The van der Waals surface area contributed by atoms with Crippen molar-refractivity contribution >= 4 is 11.7 Å². The number of anilines is 1. The summed E-state index contributed by atoms with van der Waals surface area (Å²) in [5.74, 6) is 1.35. The Bertz CT molecular complexity index is 1020. The quantitative estimate of drug-likeness (QED) is 0.689. The molecule has 2 fully saturated rings. The van der Waals surface area contributed by atoms with Crippen LogP contribution < -0.4 is 4.90 Å². The summed E-state index contributed by atoms with van der Waals surface area (Å²) in [6.45, 7) is 5.09. The summed E-state index contributed by atoms with van der Waals surface area (Å²) >= 11 is 0. The van der Waals surface area contributed by atoms with Crippen LogP contribution in [0.15, 0.2) is 54.9 Å². The topological polar surface area (TPSA) is 54.3 Å². The van der Waals surface area contributed by atoms with Crippen molar-refractivity contribution < 1.29 is 9.18 Å². The Hall–Kier alpha value is -3.22. The van der Waals surface area contributed by atoms with Gasteiger partial charge >= 0.3 is 0 Å². The molecule has 2 unspecified atom stereocenters. The smallest absolute Gasteiger partial charge is 0.257 e. The van der Waals surface area contributed by atoms with E-state index in [1.165, 1.54) is 12.3 Å². The number of hydrogen-bond acceptors (Lipinski definition) is 4. The van der Waals surface area contributed by atoms with Crippen LogP contribution in [0.25, 0.3) is 5.69 Å². The predicted octanol–water partition coefficient (Wildman–Crippen LogP) is 2.92. The number of para-hydroxylation sites is 1. The van der Waals surface area contributed by atoms with Crippen LogP contribution in [0.2, 0.25) is 0 Å². The zero-order chi connectivity index (χ0) is 20.0. The Morgan fingerprint density at radius 2 is 1.72 bits per heavy atom. The highest BCUT2D eigenvalue weighted by molar-refractivity contribution is 5.95. The van der Waals surface area contributed by atoms with Gasteiger partial charge in [0.05, 0.1) is 29.3 Å². The van der Waals surface area contributed by atoms with Crippen LogP contribution in [0.4, 0.5) is 10.2 Å². The number of benzene rings is 1. The number of hydrogen-bond donors (Lipinski definition) is 0. The van der Waals surface area contributed by atoms with E-state index in [2.05, 4.69) is 15.0 Å². The molecule has 0 aliphatic carbocycles. The molecule has 7 heteroatoms. The third-order valence-electron chi connectivity index (χ3n) is 6.05. The first-order valence-corrected chi connectivity index (χ1v) is 9.86. The molecule has 0 radical (unpaired) electrons. The van der Waals surface area contributed by atoms with Gasteiger partial charge in [-0.3, -0.25) is 4.79 Å². The van der Waals surface area contributed by atoms with E-state index < -0.39 is 0 Å². The van der Waals surface area contributed by atoms with Crippen molar-refractivity contribution in [1.29, 1.82) is 0 Å². The number of halogens is 1. The lowest BCUT2D eigenvalue weighted by Gasteiger charge is -2.22. The maximum Gasteiger partial charge on any atom is 0.257 e. The Morgan fingerprint density at radius 1 is 1.00 bits per heavy atom. The Labute approximate surface area is 168 Å². The number of nitrogens with zero attached hydrogens (tertiary/aromatic N) is 5. The first-order valence-electron chi connectivity index (χ1n) is 9.86. The molecule has 2 aliphatic heterocycles. The number of pyridine rings is 1. The largest absolute Gasteiger partial charge is 0.356 e. The van der Waals surface area contributed by atoms with Gasteiger partial charge in [0.2, 0.25) is 0 Å². The Balaban J connectivity index is 1.28. The predicted molar refractivity (Wildman–Crippen MR) is 108 cm³/mol. The lowest BCUT2D eigenvalue weighted by Crippen LogP contribution is -2.33. The highest BCUT2D eigenvalue weighted by Gasteiger charge is 2.42. The minimum Gasteiger partial charge on any atom is -0.356 e. The van der Waals surface area contributed by atoms with Crippen LogP contribution in [0.1, 0.15) is 16.1 Å². The van der Waals surface area contributed by atoms with Crippen LogP contribution in [0, 0.1) is 24.6 Å². The van der Waals surface area contributed by atoms with Crippen LogP contribution >= 0.6 is 0 Å². The molecule has 0 spiro atoms. The number of likely N-dealkylation sites (tertiary alicyclic amines) is 1. The van der Waals surface area contributed by atoms with Crippen molar-refractivity contribution in [2.75, 3.05) is 31.1 Å². The van der Waals surface area contributed by atoms with E-state index in [4.69, 9.17) is 0 Å². The van der Waals surface area contributed by atoms with Gasteiger partial charge in [-0.25, -0.2) is 14.1 Å². The fourth-order valence-corrected chi connectivity index (χ4v) is 4.52. The van der Waals surface area contributed by atoms with E-state index >= 15 is 0 Å². The van der Waals surface area contributed by atoms with Gasteiger partial charge in [-0.15, -0.1) is 0 Å². The normalized spacial score (nSPS) is 20.9. The van der Waals surface area contributed by atoms with Crippen molar-refractivity contribution in [3.05, 3.63) is 71.9 Å². The average molecular weight is 391 g/mol. The molecule has 1 amide bonds. The van der Waals surface area contributed by atoms with Crippen LogP contribution in [0.5, 0.6) is 0 Å². The highest BCUT2D eigenvalue weighted by atomic mass is 19.1. The molecule has 2 saturated heterocycles. The fourth-order valence-electron chi connectivity index (χ4n) is 4.52. The molecule has 0 bridgehead atoms. The van der Waals surface area contributed by atoms with Gasteiger partial charge < -0.3 is 9.80 Å². The summed E-state index contributed by atoms with van der Waals surface area (Å²) in [5, 5.41) is 4.43. The molecule has 0 saturated carbocycles. The molecule has 0 N–H and O–H groups in total. The van der Waals surface area contributed by atoms with Gasteiger partial charge in [0.15, 0.2) is 0 Å². The van der Waals surface area contributed by atoms with Crippen molar-refractivity contribution in [2.24, 2.45) is 11.8 Å². The van der Waals surface area contributed by atoms with Gasteiger partial charge in [0.25, 0.3) is 5.91 Å². The van der Waals surface area contributed by atoms with Crippen LogP contribution in [-0.2, 0) is 0 Å². The molecule has 3 aromatic rings. The molecular weight excluding hydrogens is 369 g/mol. The zero-order valence-electron chi connectivity index (χ0n) is 16.2. The first-order chi connectivity index (χ1) is 14.1. The number of carbonyl (C=O) groups is 1. The molecule has 29 heavy (non-hydrogen) atoms. The molecular formula is C22H22FN5O. The standard InChI is InChI=1S/C22H22FN5O/c1-15-20(10-25-28(15)19-5-3-2-4-6-19)22(29)27-13-16-11-26(12-17(16)14-27)21-8-7-18(23)9-24-21/h2-10,16-17H,11-14H2,1H3. The number of carbonyl (C=O) groups excluding carboxylic acids is 1. The maximum absolute atomic E-state index is 13.1. The van der Waals surface area contributed by atoms with E-state index in [0.717, 1.165) is 43.4 Å². The lowest BCUT2D eigenvalue weighted by molar-refractivity contribution is 0.0782. The average Bonchev–Trinajstić information content (AvgIpc) is 3.42. The zero-order valence-corrected chi connectivity index (χ0v) is 16.2. The molecule has 148 valence electrons.